The Balaban J connectivity index is 2.70. The van der Waals surface area contributed by atoms with Crippen LogP contribution in [0, 0.1) is 5.92 Å². The van der Waals surface area contributed by atoms with Crippen LogP contribution < -0.4 is 5.06 Å². The standard InChI is InChI=1S/C14H18F3NO3/c1-3-11(2)9-10-20-13(19)18(21-14(15,16)17)12-7-5-4-6-8-12/h4-8,11H,3,9-10H2,1-2H3. The van der Waals surface area contributed by atoms with Gasteiger partial charge in [-0.25, -0.2) is 4.79 Å². The molecule has 0 fully saturated rings. The van der Waals surface area contributed by atoms with E-state index in [-0.39, 0.29) is 17.4 Å². The highest BCUT2D eigenvalue weighted by atomic mass is 19.4. The molecule has 0 spiro atoms. The number of hydroxylamine groups is 1. The molecule has 1 rings (SSSR count). The van der Waals surface area contributed by atoms with Gasteiger partial charge in [-0.05, 0) is 24.5 Å². The van der Waals surface area contributed by atoms with Gasteiger partial charge in [-0.3, -0.25) is 0 Å². The van der Waals surface area contributed by atoms with Crippen molar-refractivity contribution in [3.05, 3.63) is 30.3 Å². The largest absolute Gasteiger partial charge is 0.544 e. The van der Waals surface area contributed by atoms with Crippen molar-refractivity contribution in [2.45, 2.75) is 33.1 Å². The van der Waals surface area contributed by atoms with E-state index in [1.54, 1.807) is 6.07 Å². The summed E-state index contributed by atoms with van der Waals surface area (Å²) in [6.07, 6.45) is -4.69. The molecule has 0 heterocycles. The highest BCUT2D eigenvalue weighted by molar-refractivity contribution is 5.85. The summed E-state index contributed by atoms with van der Waals surface area (Å²) in [7, 11) is 0. The number of anilines is 1. The average molecular weight is 305 g/mol. The Hall–Kier alpha value is -1.76. The lowest BCUT2D eigenvalue weighted by atomic mass is 10.1. The smallest absolute Gasteiger partial charge is 0.448 e. The number of rotatable bonds is 6. The summed E-state index contributed by atoms with van der Waals surface area (Å²) in [5.74, 6) is 0.325. The van der Waals surface area contributed by atoms with E-state index in [2.05, 4.69) is 4.84 Å². The van der Waals surface area contributed by atoms with E-state index in [0.29, 0.717) is 12.3 Å². The summed E-state index contributed by atoms with van der Waals surface area (Å²) in [4.78, 5) is 15.5. The van der Waals surface area contributed by atoms with Crippen LogP contribution in [0.2, 0.25) is 0 Å². The van der Waals surface area contributed by atoms with Crippen LogP contribution in [0.15, 0.2) is 30.3 Å². The van der Waals surface area contributed by atoms with E-state index in [4.69, 9.17) is 4.74 Å². The lowest BCUT2D eigenvalue weighted by Crippen LogP contribution is -2.37. The van der Waals surface area contributed by atoms with Gasteiger partial charge in [-0.2, -0.15) is 4.84 Å². The predicted molar refractivity (Wildman–Crippen MR) is 71.5 cm³/mol. The number of carbonyl (C=O) groups excluding carboxylic acids is 1. The zero-order valence-corrected chi connectivity index (χ0v) is 11.9. The average Bonchev–Trinajstić information content (AvgIpc) is 2.44. The molecule has 0 aliphatic carbocycles. The quantitative estimate of drug-likeness (QED) is 0.725. The SMILES string of the molecule is CCC(C)CCOC(=O)N(OC(F)(F)F)c1ccccc1. The number of para-hydroxylation sites is 1. The second-order valence-electron chi connectivity index (χ2n) is 4.58. The molecule has 1 unspecified atom stereocenters. The van der Waals surface area contributed by atoms with Gasteiger partial charge in [0, 0.05) is 0 Å². The Morgan fingerprint density at radius 1 is 1.29 bits per heavy atom. The van der Waals surface area contributed by atoms with Gasteiger partial charge < -0.3 is 4.74 Å². The number of hydrogen-bond donors (Lipinski definition) is 0. The normalized spacial score (nSPS) is 12.8. The minimum absolute atomic E-state index is 0.0401. The van der Waals surface area contributed by atoms with Crippen molar-refractivity contribution >= 4 is 11.8 Å². The summed E-state index contributed by atoms with van der Waals surface area (Å²) < 4.78 is 42.0. The molecule has 1 amide bonds. The van der Waals surface area contributed by atoms with Crippen molar-refractivity contribution in [1.29, 1.82) is 0 Å². The van der Waals surface area contributed by atoms with Crippen LogP contribution in [0.4, 0.5) is 23.7 Å². The first-order valence-corrected chi connectivity index (χ1v) is 6.61. The van der Waals surface area contributed by atoms with E-state index in [9.17, 15) is 18.0 Å². The van der Waals surface area contributed by atoms with E-state index in [1.165, 1.54) is 24.3 Å². The molecular formula is C14H18F3NO3. The van der Waals surface area contributed by atoms with Crippen LogP contribution in [0.1, 0.15) is 26.7 Å². The molecule has 4 nitrogen and oxygen atoms in total. The third-order valence-electron chi connectivity index (χ3n) is 2.88. The maximum Gasteiger partial charge on any atom is 0.544 e. The van der Waals surface area contributed by atoms with Gasteiger partial charge in [0.1, 0.15) is 0 Å². The summed E-state index contributed by atoms with van der Waals surface area (Å²) in [6.45, 7) is 3.99. The Morgan fingerprint density at radius 3 is 2.43 bits per heavy atom. The molecule has 21 heavy (non-hydrogen) atoms. The molecular weight excluding hydrogens is 287 g/mol. The molecule has 0 aromatic heterocycles. The van der Waals surface area contributed by atoms with Gasteiger partial charge in [-0.15, -0.1) is 18.2 Å². The van der Waals surface area contributed by atoms with E-state index < -0.39 is 12.5 Å². The fourth-order valence-electron chi connectivity index (χ4n) is 1.47. The van der Waals surface area contributed by atoms with E-state index in [1.807, 2.05) is 13.8 Å². The lowest BCUT2D eigenvalue weighted by molar-refractivity contribution is -0.326. The van der Waals surface area contributed by atoms with Crippen LogP contribution in [0.25, 0.3) is 0 Å². The zero-order chi connectivity index (χ0) is 15.9. The molecule has 0 radical (unpaired) electrons. The van der Waals surface area contributed by atoms with Crippen LogP contribution in [0.5, 0.6) is 0 Å². The summed E-state index contributed by atoms with van der Waals surface area (Å²) in [5.41, 5.74) is -0.0524. The highest BCUT2D eigenvalue weighted by Gasteiger charge is 2.37. The number of hydrogen-bond acceptors (Lipinski definition) is 3. The molecule has 118 valence electrons. The molecule has 0 aliphatic rings. The number of amides is 1. The second-order valence-corrected chi connectivity index (χ2v) is 4.58. The van der Waals surface area contributed by atoms with Crippen LogP contribution in [-0.4, -0.2) is 19.1 Å². The fraction of sp³-hybridized carbons (Fsp3) is 0.500. The van der Waals surface area contributed by atoms with Gasteiger partial charge in [0.2, 0.25) is 0 Å². The van der Waals surface area contributed by atoms with Gasteiger partial charge in [-0.1, -0.05) is 38.5 Å². The maximum absolute atomic E-state index is 12.4. The second kappa shape index (κ2) is 7.87. The first-order valence-electron chi connectivity index (χ1n) is 6.61. The fourth-order valence-corrected chi connectivity index (χ4v) is 1.47. The predicted octanol–water partition coefficient (Wildman–Crippen LogP) is 4.52. The van der Waals surface area contributed by atoms with Gasteiger partial charge in [0.05, 0.1) is 12.3 Å². The first-order chi connectivity index (χ1) is 9.83. The molecule has 1 aromatic carbocycles. The Bertz CT molecular complexity index is 437. The molecule has 7 heteroatoms. The van der Waals surface area contributed by atoms with E-state index in [0.717, 1.165) is 6.42 Å². The first kappa shape index (κ1) is 17.3. The Labute approximate surface area is 121 Å². The molecule has 0 saturated heterocycles. The molecule has 0 N–H and O–H groups in total. The Morgan fingerprint density at radius 2 is 1.90 bits per heavy atom. The number of ether oxygens (including phenoxy) is 1. The molecule has 1 aromatic rings. The number of halogens is 3. The van der Waals surface area contributed by atoms with Crippen molar-refractivity contribution < 1.29 is 27.5 Å². The monoisotopic (exact) mass is 305 g/mol. The van der Waals surface area contributed by atoms with Crippen LogP contribution in [-0.2, 0) is 9.57 Å². The number of nitrogens with zero attached hydrogens (tertiary/aromatic N) is 1. The zero-order valence-electron chi connectivity index (χ0n) is 11.9. The summed E-state index contributed by atoms with van der Waals surface area (Å²) >= 11 is 0. The molecule has 1 atom stereocenters. The van der Waals surface area contributed by atoms with Crippen LogP contribution >= 0.6 is 0 Å². The Kier molecular flexibility index (Phi) is 6.48. The van der Waals surface area contributed by atoms with E-state index >= 15 is 0 Å². The van der Waals surface area contributed by atoms with Gasteiger partial charge in [0.15, 0.2) is 0 Å². The van der Waals surface area contributed by atoms with Crippen molar-refractivity contribution in [3.63, 3.8) is 0 Å². The van der Waals surface area contributed by atoms with Crippen molar-refractivity contribution in [3.8, 4) is 0 Å². The third kappa shape index (κ3) is 6.48. The minimum Gasteiger partial charge on any atom is -0.448 e. The van der Waals surface area contributed by atoms with Crippen LogP contribution in [0.3, 0.4) is 0 Å². The molecule has 0 bridgehead atoms. The summed E-state index contributed by atoms with van der Waals surface area (Å²) in [5, 5.41) is 0.108. The minimum atomic E-state index is -4.98. The van der Waals surface area contributed by atoms with Crippen molar-refractivity contribution in [2.75, 3.05) is 11.7 Å². The number of carbonyl (C=O) groups is 1. The van der Waals surface area contributed by atoms with Crippen molar-refractivity contribution in [2.24, 2.45) is 5.92 Å². The maximum atomic E-state index is 12.4. The number of alkyl halides is 3. The van der Waals surface area contributed by atoms with Gasteiger partial charge in [0.25, 0.3) is 0 Å². The molecule has 0 saturated carbocycles. The third-order valence-corrected chi connectivity index (χ3v) is 2.88. The lowest BCUT2D eigenvalue weighted by Gasteiger charge is -2.22. The molecule has 0 aliphatic heterocycles. The topological polar surface area (TPSA) is 38.8 Å². The van der Waals surface area contributed by atoms with Crippen molar-refractivity contribution in [1.82, 2.24) is 0 Å². The van der Waals surface area contributed by atoms with Gasteiger partial charge >= 0.3 is 12.5 Å². The highest BCUT2D eigenvalue weighted by Crippen LogP contribution is 2.24. The summed E-state index contributed by atoms with van der Waals surface area (Å²) in [6, 6.07) is 7.25. The number of benzene rings is 1.